The van der Waals surface area contributed by atoms with Gasteiger partial charge in [-0.2, -0.15) is 0 Å². The van der Waals surface area contributed by atoms with Crippen LogP contribution < -0.4 is 5.48 Å². The molecule has 1 aliphatic rings. The summed E-state index contributed by atoms with van der Waals surface area (Å²) < 4.78 is 4.50. The number of rotatable bonds is 6. The molecule has 8 heteroatoms. The molecule has 1 unspecified atom stereocenters. The Balaban J connectivity index is 1.99. The van der Waals surface area contributed by atoms with Gasteiger partial charge in [0.2, 0.25) is 0 Å². The number of carboxylic acid groups (broad SMARTS) is 1. The number of carboxylic acids is 1. The van der Waals surface area contributed by atoms with Crippen LogP contribution in [0, 0.1) is 5.92 Å². The van der Waals surface area contributed by atoms with Crippen LogP contribution in [0.25, 0.3) is 0 Å². The Kier molecular flexibility index (Phi) is 4.49. The zero-order valence-corrected chi connectivity index (χ0v) is 11.2. The zero-order valence-electron chi connectivity index (χ0n) is 11.2. The van der Waals surface area contributed by atoms with Crippen molar-refractivity contribution < 1.29 is 29.1 Å². The van der Waals surface area contributed by atoms with E-state index >= 15 is 0 Å². The summed E-state index contributed by atoms with van der Waals surface area (Å²) >= 11 is 0. The molecule has 0 aliphatic heterocycles. The predicted molar refractivity (Wildman–Crippen MR) is 68.3 cm³/mol. The number of hydrogen-bond donors (Lipinski definition) is 2. The van der Waals surface area contributed by atoms with Crippen molar-refractivity contribution >= 4 is 17.8 Å². The molecule has 21 heavy (non-hydrogen) atoms. The Labute approximate surface area is 120 Å². The van der Waals surface area contributed by atoms with Gasteiger partial charge in [-0.3, -0.25) is 9.63 Å². The van der Waals surface area contributed by atoms with E-state index in [2.05, 4.69) is 15.2 Å². The van der Waals surface area contributed by atoms with E-state index in [1.165, 1.54) is 25.3 Å². The number of nitrogens with one attached hydrogen (secondary N) is 1. The molecule has 1 aromatic rings. The molecule has 2 N–H and O–H groups in total. The summed E-state index contributed by atoms with van der Waals surface area (Å²) in [6, 6.07) is 4.23. The number of carbonyl (C=O) groups excluding carboxylic acids is 2. The standard InChI is InChI=1S/C13H14N2O6/c1-20-13(19)9-4-2-3-8(14-9)11(16)15-21-10(12(17)18)7-5-6-7/h2-4,7,10H,5-6H2,1H3,(H,15,16)(H,17,18). The van der Waals surface area contributed by atoms with E-state index in [-0.39, 0.29) is 17.3 Å². The van der Waals surface area contributed by atoms with Crippen molar-refractivity contribution in [1.29, 1.82) is 0 Å². The highest BCUT2D eigenvalue weighted by Crippen LogP contribution is 2.34. The van der Waals surface area contributed by atoms with Gasteiger partial charge in [0.15, 0.2) is 6.10 Å². The second-order valence-electron chi connectivity index (χ2n) is 4.54. The Morgan fingerprint density at radius 1 is 1.33 bits per heavy atom. The minimum atomic E-state index is -1.13. The van der Waals surface area contributed by atoms with E-state index < -0.39 is 23.9 Å². The molecule has 8 nitrogen and oxygen atoms in total. The molecule has 0 spiro atoms. The second kappa shape index (κ2) is 6.31. The summed E-state index contributed by atoms with van der Waals surface area (Å²) in [5, 5.41) is 8.96. The molecule has 1 atom stereocenters. The highest BCUT2D eigenvalue weighted by atomic mass is 16.7. The Hall–Kier alpha value is -2.48. The number of methoxy groups -OCH3 is 1. The SMILES string of the molecule is COC(=O)c1cccc(C(=O)NOC(C(=O)O)C2CC2)n1. The lowest BCUT2D eigenvalue weighted by Gasteiger charge is -2.12. The minimum Gasteiger partial charge on any atom is -0.479 e. The normalized spacial score (nSPS) is 15.1. The highest BCUT2D eigenvalue weighted by molar-refractivity contribution is 5.94. The van der Waals surface area contributed by atoms with Crippen LogP contribution in [-0.2, 0) is 14.4 Å². The largest absolute Gasteiger partial charge is 0.479 e. The fourth-order valence-corrected chi connectivity index (χ4v) is 1.70. The van der Waals surface area contributed by atoms with Crippen LogP contribution >= 0.6 is 0 Å². The van der Waals surface area contributed by atoms with Crippen LogP contribution in [0.5, 0.6) is 0 Å². The maximum absolute atomic E-state index is 11.8. The second-order valence-corrected chi connectivity index (χ2v) is 4.54. The van der Waals surface area contributed by atoms with Gasteiger partial charge in [0.25, 0.3) is 5.91 Å². The molecule has 0 bridgehead atoms. The third kappa shape index (κ3) is 3.76. The van der Waals surface area contributed by atoms with Gasteiger partial charge in [-0.15, -0.1) is 0 Å². The molecule has 0 saturated heterocycles. The number of pyridine rings is 1. The maximum Gasteiger partial charge on any atom is 0.356 e. The molecular weight excluding hydrogens is 280 g/mol. The molecule has 1 saturated carbocycles. The predicted octanol–water partition coefficient (Wildman–Crippen LogP) is 0.393. The van der Waals surface area contributed by atoms with E-state index in [0.29, 0.717) is 0 Å². The van der Waals surface area contributed by atoms with Crippen molar-refractivity contribution in [2.24, 2.45) is 5.92 Å². The van der Waals surface area contributed by atoms with Crippen molar-refractivity contribution in [3.8, 4) is 0 Å². The van der Waals surface area contributed by atoms with Crippen molar-refractivity contribution in [3.63, 3.8) is 0 Å². The van der Waals surface area contributed by atoms with Crippen LogP contribution in [0.4, 0.5) is 0 Å². The molecule has 1 heterocycles. The first-order chi connectivity index (χ1) is 10.0. The summed E-state index contributed by atoms with van der Waals surface area (Å²) in [7, 11) is 1.20. The van der Waals surface area contributed by atoms with Gasteiger partial charge in [0.1, 0.15) is 11.4 Å². The monoisotopic (exact) mass is 294 g/mol. The number of aliphatic carboxylic acids is 1. The summed E-state index contributed by atoms with van der Waals surface area (Å²) in [4.78, 5) is 42.8. The number of hydroxylamine groups is 1. The molecular formula is C13H14N2O6. The van der Waals surface area contributed by atoms with Gasteiger partial charge < -0.3 is 9.84 Å². The van der Waals surface area contributed by atoms with Crippen LogP contribution in [0.2, 0.25) is 0 Å². The van der Waals surface area contributed by atoms with Gasteiger partial charge in [-0.1, -0.05) is 6.07 Å². The van der Waals surface area contributed by atoms with Crippen molar-refractivity contribution in [3.05, 3.63) is 29.6 Å². The minimum absolute atomic E-state index is 0.0258. The topological polar surface area (TPSA) is 115 Å². The molecule has 1 amide bonds. The summed E-state index contributed by atoms with van der Waals surface area (Å²) in [6.07, 6.45) is 0.434. The van der Waals surface area contributed by atoms with E-state index in [4.69, 9.17) is 9.94 Å². The smallest absolute Gasteiger partial charge is 0.356 e. The number of carbonyl (C=O) groups is 3. The van der Waals surface area contributed by atoms with Gasteiger partial charge in [-0.05, 0) is 30.9 Å². The maximum atomic E-state index is 11.8. The highest BCUT2D eigenvalue weighted by Gasteiger charge is 2.38. The lowest BCUT2D eigenvalue weighted by molar-refractivity contribution is -0.155. The molecule has 112 valence electrons. The first-order valence-corrected chi connectivity index (χ1v) is 6.27. The van der Waals surface area contributed by atoms with Gasteiger partial charge in [-0.25, -0.2) is 20.1 Å². The van der Waals surface area contributed by atoms with Crippen LogP contribution in [0.1, 0.15) is 33.8 Å². The van der Waals surface area contributed by atoms with Crippen LogP contribution in [-0.4, -0.2) is 41.2 Å². The molecule has 2 rings (SSSR count). The third-order valence-corrected chi connectivity index (χ3v) is 2.95. The first kappa shape index (κ1) is 14.9. The summed E-state index contributed by atoms with van der Waals surface area (Å²) in [5.74, 6) is -2.62. The third-order valence-electron chi connectivity index (χ3n) is 2.95. The number of aromatic nitrogens is 1. The van der Waals surface area contributed by atoms with Crippen LogP contribution in [0.15, 0.2) is 18.2 Å². The average Bonchev–Trinajstić information content (AvgIpc) is 3.31. The van der Waals surface area contributed by atoms with E-state index in [9.17, 15) is 14.4 Å². The lowest BCUT2D eigenvalue weighted by Crippen LogP contribution is -2.36. The fourth-order valence-electron chi connectivity index (χ4n) is 1.70. The number of ether oxygens (including phenoxy) is 1. The molecule has 1 aromatic heterocycles. The molecule has 0 aromatic carbocycles. The Morgan fingerprint density at radius 3 is 2.57 bits per heavy atom. The summed E-state index contributed by atoms with van der Waals surface area (Å²) in [6.45, 7) is 0. The van der Waals surface area contributed by atoms with Gasteiger partial charge in [0.05, 0.1) is 7.11 Å². The quantitative estimate of drug-likeness (QED) is 0.576. The van der Waals surface area contributed by atoms with Crippen molar-refractivity contribution in [1.82, 2.24) is 10.5 Å². The average molecular weight is 294 g/mol. The van der Waals surface area contributed by atoms with Crippen molar-refractivity contribution in [2.45, 2.75) is 18.9 Å². The van der Waals surface area contributed by atoms with Gasteiger partial charge in [0, 0.05) is 0 Å². The van der Waals surface area contributed by atoms with E-state index in [1.54, 1.807) is 0 Å². The first-order valence-electron chi connectivity index (χ1n) is 6.27. The Bertz CT molecular complexity index is 570. The van der Waals surface area contributed by atoms with Gasteiger partial charge >= 0.3 is 11.9 Å². The Morgan fingerprint density at radius 2 is 2.00 bits per heavy atom. The van der Waals surface area contributed by atoms with Crippen molar-refractivity contribution in [2.75, 3.05) is 7.11 Å². The molecule has 1 fully saturated rings. The zero-order chi connectivity index (χ0) is 15.4. The fraction of sp³-hybridized carbons (Fsp3) is 0.385. The number of hydrogen-bond acceptors (Lipinski definition) is 6. The number of esters is 1. The molecule has 1 aliphatic carbocycles. The molecule has 0 radical (unpaired) electrons. The number of nitrogens with zero attached hydrogens (tertiary/aromatic N) is 1. The summed E-state index contributed by atoms with van der Waals surface area (Å²) in [5.41, 5.74) is 1.95. The number of amides is 1. The van der Waals surface area contributed by atoms with E-state index in [1.807, 2.05) is 0 Å². The lowest BCUT2D eigenvalue weighted by atomic mass is 10.2. The van der Waals surface area contributed by atoms with E-state index in [0.717, 1.165) is 12.8 Å². The van der Waals surface area contributed by atoms with Crippen LogP contribution in [0.3, 0.4) is 0 Å².